The Hall–Kier alpha value is -1.30. The van der Waals surface area contributed by atoms with Crippen LogP contribution in [0.15, 0.2) is 0 Å². The van der Waals surface area contributed by atoms with Crippen LogP contribution in [0.1, 0.15) is 25.7 Å². The fraction of sp³-hybridized carbons (Fsp3) is 0.857. The Kier molecular flexibility index (Phi) is 8.53. The second kappa shape index (κ2) is 9.87. The number of hydrogen-bond acceptors (Lipinski definition) is 8. The Morgan fingerprint density at radius 3 is 2.12 bits per heavy atom. The fourth-order valence-corrected chi connectivity index (χ4v) is 2.35. The largest absolute Gasteiger partial charge is 0.481 e. The predicted molar refractivity (Wildman–Crippen MR) is 76.9 cm³/mol. The van der Waals surface area contributed by atoms with E-state index >= 15 is 0 Å². The van der Waals surface area contributed by atoms with E-state index in [0.29, 0.717) is 19.3 Å². The van der Waals surface area contributed by atoms with Crippen LogP contribution in [0.4, 0.5) is 0 Å². The zero-order valence-corrected chi connectivity index (χ0v) is 13.0. The minimum Gasteiger partial charge on any atom is -0.481 e. The summed E-state index contributed by atoms with van der Waals surface area (Å²) in [4.78, 5) is 21.4. The predicted octanol–water partition coefficient (Wildman–Crippen LogP) is -1.85. The normalized spacial score (nSPS) is 30.5. The van der Waals surface area contributed by atoms with Crippen molar-refractivity contribution >= 4 is 11.9 Å². The molecular formula is C14H24O10. The molecule has 0 aromatic rings. The number of unbranched alkanes of at least 4 members (excludes halogenated alkanes) is 2. The van der Waals surface area contributed by atoms with Gasteiger partial charge in [-0.25, -0.2) is 0 Å². The number of carbonyl (C=O) groups is 2. The highest BCUT2D eigenvalue weighted by Crippen LogP contribution is 2.20. The molecule has 1 aliphatic rings. The van der Waals surface area contributed by atoms with Crippen molar-refractivity contribution in [2.24, 2.45) is 5.92 Å². The Morgan fingerprint density at radius 2 is 1.54 bits per heavy atom. The van der Waals surface area contributed by atoms with Gasteiger partial charge in [0.25, 0.3) is 0 Å². The standard InChI is InChI=1S/C14H24O10/c15-9-8(24-14(22)11(17)10(9)16)6-23-5-3-1-2-4-7(12(18)19)13(20)21/h7-11,14-17,22H,1-6H2,(H,18,19)(H,20,21)/t8-,9+,10+,11-,14?/m1/s1. The highest BCUT2D eigenvalue weighted by Gasteiger charge is 2.42. The van der Waals surface area contributed by atoms with Gasteiger partial charge in [-0.2, -0.15) is 0 Å². The molecule has 10 heteroatoms. The first-order chi connectivity index (χ1) is 11.3. The van der Waals surface area contributed by atoms with Gasteiger partial charge in [0.05, 0.1) is 6.61 Å². The molecule has 0 spiro atoms. The maximum Gasteiger partial charge on any atom is 0.317 e. The number of hydrogen-bond donors (Lipinski definition) is 6. The van der Waals surface area contributed by atoms with Crippen molar-refractivity contribution in [2.75, 3.05) is 13.2 Å². The molecule has 5 atom stereocenters. The number of aliphatic hydroxyl groups excluding tert-OH is 4. The minimum absolute atomic E-state index is 0.0331. The second-order valence-corrected chi connectivity index (χ2v) is 5.69. The quantitative estimate of drug-likeness (QED) is 0.193. The SMILES string of the molecule is O=C(O)C(CCCCCOC[C@H]1OC(O)[C@H](O)[C@@H](O)[C@H]1O)C(=O)O. The van der Waals surface area contributed by atoms with Crippen molar-refractivity contribution in [1.82, 2.24) is 0 Å². The van der Waals surface area contributed by atoms with E-state index in [2.05, 4.69) is 0 Å². The smallest absolute Gasteiger partial charge is 0.317 e. The molecule has 1 unspecified atom stereocenters. The second-order valence-electron chi connectivity index (χ2n) is 5.69. The van der Waals surface area contributed by atoms with Gasteiger partial charge in [0.1, 0.15) is 24.4 Å². The summed E-state index contributed by atoms with van der Waals surface area (Å²) in [6.45, 7) is 0.154. The molecule has 24 heavy (non-hydrogen) atoms. The van der Waals surface area contributed by atoms with E-state index in [1.165, 1.54) is 0 Å². The third-order valence-corrected chi connectivity index (χ3v) is 3.85. The van der Waals surface area contributed by atoms with Gasteiger partial charge in [-0.05, 0) is 12.8 Å². The average molecular weight is 352 g/mol. The molecule has 1 rings (SSSR count). The van der Waals surface area contributed by atoms with Crippen molar-refractivity contribution in [3.05, 3.63) is 0 Å². The summed E-state index contributed by atoms with van der Waals surface area (Å²) in [5.74, 6) is -4.13. The molecular weight excluding hydrogens is 328 g/mol. The summed E-state index contributed by atoms with van der Waals surface area (Å²) in [7, 11) is 0. The van der Waals surface area contributed by atoms with E-state index < -0.39 is 48.6 Å². The number of aliphatic carboxylic acids is 2. The first kappa shape index (κ1) is 20.7. The van der Waals surface area contributed by atoms with Crippen LogP contribution in [0.25, 0.3) is 0 Å². The van der Waals surface area contributed by atoms with Gasteiger partial charge in [-0.1, -0.05) is 12.8 Å². The minimum atomic E-state index is -1.61. The van der Waals surface area contributed by atoms with Crippen LogP contribution in [0, 0.1) is 5.92 Å². The summed E-state index contributed by atoms with van der Waals surface area (Å²) >= 11 is 0. The molecule has 140 valence electrons. The van der Waals surface area contributed by atoms with Crippen LogP contribution < -0.4 is 0 Å². The maximum atomic E-state index is 10.7. The molecule has 1 saturated heterocycles. The van der Waals surface area contributed by atoms with Crippen LogP contribution in [0.5, 0.6) is 0 Å². The van der Waals surface area contributed by atoms with E-state index in [9.17, 15) is 30.0 Å². The van der Waals surface area contributed by atoms with Crippen LogP contribution in [0.2, 0.25) is 0 Å². The lowest BCUT2D eigenvalue weighted by Crippen LogP contribution is -2.58. The van der Waals surface area contributed by atoms with Gasteiger partial charge in [-0.3, -0.25) is 9.59 Å². The van der Waals surface area contributed by atoms with Crippen molar-refractivity contribution in [1.29, 1.82) is 0 Å². The van der Waals surface area contributed by atoms with Crippen LogP contribution in [0.3, 0.4) is 0 Å². The van der Waals surface area contributed by atoms with Crippen molar-refractivity contribution in [3.8, 4) is 0 Å². The summed E-state index contributed by atoms with van der Waals surface area (Å²) in [5, 5.41) is 55.3. The Morgan fingerprint density at radius 1 is 0.917 bits per heavy atom. The number of aliphatic hydroxyl groups is 4. The van der Waals surface area contributed by atoms with Crippen molar-refractivity contribution < 1.29 is 49.7 Å². The molecule has 6 N–H and O–H groups in total. The molecule has 0 aliphatic carbocycles. The van der Waals surface area contributed by atoms with E-state index in [0.717, 1.165) is 0 Å². The first-order valence-electron chi connectivity index (χ1n) is 7.66. The molecule has 10 nitrogen and oxygen atoms in total. The van der Waals surface area contributed by atoms with E-state index in [1.807, 2.05) is 0 Å². The van der Waals surface area contributed by atoms with Crippen LogP contribution in [-0.4, -0.2) is 86.5 Å². The molecule has 0 bridgehead atoms. The van der Waals surface area contributed by atoms with Crippen LogP contribution >= 0.6 is 0 Å². The van der Waals surface area contributed by atoms with E-state index in [-0.39, 0.29) is 19.6 Å². The summed E-state index contributed by atoms with van der Waals surface area (Å²) in [5.41, 5.74) is 0. The maximum absolute atomic E-state index is 10.7. The van der Waals surface area contributed by atoms with Gasteiger partial charge >= 0.3 is 11.9 Å². The number of ether oxygens (including phenoxy) is 2. The molecule has 0 amide bonds. The Bertz CT molecular complexity index is 400. The Balaban J connectivity index is 2.16. The molecule has 1 aliphatic heterocycles. The van der Waals surface area contributed by atoms with Crippen molar-refractivity contribution in [3.63, 3.8) is 0 Å². The monoisotopic (exact) mass is 352 g/mol. The number of carboxylic acids is 2. The number of carboxylic acid groups (broad SMARTS) is 2. The van der Waals surface area contributed by atoms with E-state index in [4.69, 9.17) is 19.7 Å². The summed E-state index contributed by atoms with van der Waals surface area (Å²) in [6.07, 6.45) is -5.56. The average Bonchev–Trinajstić information content (AvgIpc) is 2.51. The zero-order chi connectivity index (χ0) is 18.3. The highest BCUT2D eigenvalue weighted by atomic mass is 16.6. The number of rotatable bonds is 10. The molecule has 0 saturated carbocycles. The summed E-state index contributed by atoms with van der Waals surface area (Å²) < 4.78 is 10.2. The van der Waals surface area contributed by atoms with Gasteiger partial charge < -0.3 is 40.1 Å². The lowest BCUT2D eigenvalue weighted by Gasteiger charge is -2.38. The lowest BCUT2D eigenvalue weighted by molar-refractivity contribution is -0.288. The van der Waals surface area contributed by atoms with Gasteiger partial charge in [0, 0.05) is 6.61 Å². The van der Waals surface area contributed by atoms with Gasteiger partial charge in [0.15, 0.2) is 12.2 Å². The Labute approximate surface area is 138 Å². The van der Waals surface area contributed by atoms with Gasteiger partial charge in [-0.15, -0.1) is 0 Å². The topological polar surface area (TPSA) is 174 Å². The third kappa shape index (κ3) is 5.96. The molecule has 1 heterocycles. The fourth-order valence-electron chi connectivity index (χ4n) is 2.35. The van der Waals surface area contributed by atoms with Crippen molar-refractivity contribution in [2.45, 2.75) is 56.4 Å². The first-order valence-corrected chi connectivity index (χ1v) is 7.66. The van der Waals surface area contributed by atoms with Crippen LogP contribution in [-0.2, 0) is 19.1 Å². The molecule has 0 aromatic heterocycles. The molecule has 0 radical (unpaired) electrons. The zero-order valence-electron chi connectivity index (χ0n) is 13.0. The molecule has 1 fully saturated rings. The highest BCUT2D eigenvalue weighted by molar-refractivity contribution is 5.92. The lowest BCUT2D eigenvalue weighted by atomic mass is 9.99. The summed E-state index contributed by atoms with van der Waals surface area (Å²) in [6, 6.07) is 0. The molecule has 0 aromatic carbocycles. The van der Waals surface area contributed by atoms with Gasteiger partial charge in [0.2, 0.25) is 0 Å². The van der Waals surface area contributed by atoms with E-state index in [1.54, 1.807) is 0 Å². The third-order valence-electron chi connectivity index (χ3n) is 3.85.